The molecule has 0 aromatic carbocycles. The minimum atomic E-state index is -0.784. The molecular formula is C12H22N2O3. The molecule has 0 aliphatic carbocycles. The number of nitrogens with one attached hydrogen (secondary N) is 1. The van der Waals surface area contributed by atoms with Crippen LogP contribution in [0, 0.1) is 5.41 Å². The maximum absolute atomic E-state index is 5.80. The van der Waals surface area contributed by atoms with Crippen molar-refractivity contribution in [3.8, 4) is 0 Å². The molecule has 0 amide bonds. The third-order valence-electron chi connectivity index (χ3n) is 3.88. The van der Waals surface area contributed by atoms with Gasteiger partial charge in [-0.1, -0.05) is 6.92 Å². The molecule has 1 atom stereocenters. The standard InChI is InChI=1S/C12H22N2O3/c1-11-7-15-12(16-8-11,17-9-11)5-10-6-14(2)4-3-13-10/h10,13H,3-9H2,1-2H3. The Morgan fingerprint density at radius 2 is 1.88 bits per heavy atom. The van der Waals surface area contributed by atoms with E-state index in [4.69, 9.17) is 14.2 Å². The maximum atomic E-state index is 5.80. The Bertz CT molecular complexity index is 273. The van der Waals surface area contributed by atoms with E-state index in [1.54, 1.807) is 0 Å². The first-order valence-electron chi connectivity index (χ1n) is 6.43. The van der Waals surface area contributed by atoms with Crippen LogP contribution in [0.3, 0.4) is 0 Å². The number of piperazine rings is 1. The van der Waals surface area contributed by atoms with Crippen LogP contribution in [0.5, 0.6) is 0 Å². The molecule has 5 heteroatoms. The van der Waals surface area contributed by atoms with Gasteiger partial charge in [-0.3, -0.25) is 0 Å². The average molecular weight is 242 g/mol. The molecule has 0 aromatic heterocycles. The maximum Gasteiger partial charge on any atom is 0.284 e. The number of rotatable bonds is 2. The van der Waals surface area contributed by atoms with Crippen LogP contribution >= 0.6 is 0 Å². The van der Waals surface area contributed by atoms with Crippen molar-refractivity contribution in [2.75, 3.05) is 46.5 Å². The lowest BCUT2D eigenvalue weighted by Crippen LogP contribution is -2.62. The first-order valence-corrected chi connectivity index (χ1v) is 6.43. The van der Waals surface area contributed by atoms with Crippen molar-refractivity contribution in [3.05, 3.63) is 0 Å². The molecule has 0 spiro atoms. The van der Waals surface area contributed by atoms with Gasteiger partial charge in [0.2, 0.25) is 0 Å². The summed E-state index contributed by atoms with van der Waals surface area (Å²) >= 11 is 0. The molecule has 0 radical (unpaired) electrons. The molecule has 0 aromatic rings. The van der Waals surface area contributed by atoms with Crippen LogP contribution < -0.4 is 5.32 Å². The van der Waals surface area contributed by atoms with Crippen molar-refractivity contribution in [2.45, 2.75) is 25.4 Å². The topological polar surface area (TPSA) is 43.0 Å². The molecule has 4 aliphatic rings. The summed E-state index contributed by atoms with van der Waals surface area (Å²) in [5, 5.41) is 3.50. The van der Waals surface area contributed by atoms with E-state index in [0.717, 1.165) is 45.9 Å². The van der Waals surface area contributed by atoms with Gasteiger partial charge in [0, 0.05) is 37.5 Å². The summed E-state index contributed by atoms with van der Waals surface area (Å²) in [6.45, 7) is 7.53. The van der Waals surface area contributed by atoms with Gasteiger partial charge in [-0.25, -0.2) is 0 Å². The molecule has 98 valence electrons. The van der Waals surface area contributed by atoms with Crippen LogP contribution in [0.4, 0.5) is 0 Å². The molecule has 4 heterocycles. The zero-order chi connectivity index (χ0) is 11.9. The molecule has 4 fully saturated rings. The van der Waals surface area contributed by atoms with E-state index in [2.05, 4.69) is 24.2 Å². The number of ether oxygens (including phenoxy) is 3. The van der Waals surface area contributed by atoms with Gasteiger partial charge in [0.15, 0.2) is 0 Å². The fourth-order valence-corrected chi connectivity index (χ4v) is 2.71. The average Bonchev–Trinajstić information content (AvgIpc) is 2.31. The second-order valence-electron chi connectivity index (χ2n) is 5.98. The van der Waals surface area contributed by atoms with Gasteiger partial charge in [-0.2, -0.15) is 0 Å². The summed E-state index contributed by atoms with van der Waals surface area (Å²) in [6.07, 6.45) is 0.771. The summed E-state index contributed by atoms with van der Waals surface area (Å²) in [7, 11) is 2.15. The Morgan fingerprint density at radius 3 is 2.47 bits per heavy atom. The van der Waals surface area contributed by atoms with Crippen molar-refractivity contribution < 1.29 is 14.2 Å². The van der Waals surface area contributed by atoms with E-state index in [-0.39, 0.29) is 5.41 Å². The first kappa shape index (κ1) is 11.9. The largest absolute Gasteiger partial charge is 0.327 e. The lowest BCUT2D eigenvalue weighted by molar-refractivity contribution is -0.468. The van der Waals surface area contributed by atoms with Crippen molar-refractivity contribution in [2.24, 2.45) is 5.41 Å². The summed E-state index contributed by atoms with van der Waals surface area (Å²) in [4.78, 5) is 2.33. The van der Waals surface area contributed by atoms with Crippen molar-refractivity contribution in [1.82, 2.24) is 10.2 Å². The highest BCUT2D eigenvalue weighted by Crippen LogP contribution is 2.40. The van der Waals surface area contributed by atoms with Crippen LogP contribution in [0.25, 0.3) is 0 Å². The zero-order valence-electron chi connectivity index (χ0n) is 10.7. The molecule has 5 nitrogen and oxygen atoms in total. The third kappa shape index (κ3) is 2.35. The van der Waals surface area contributed by atoms with Gasteiger partial charge in [0.05, 0.1) is 19.8 Å². The van der Waals surface area contributed by atoms with Gasteiger partial charge >= 0.3 is 0 Å². The molecule has 2 bridgehead atoms. The summed E-state index contributed by atoms with van der Waals surface area (Å²) in [6, 6.07) is 0.385. The highest BCUT2D eigenvalue weighted by molar-refractivity contribution is 4.88. The molecular weight excluding hydrogens is 220 g/mol. The molecule has 1 N–H and O–H groups in total. The highest BCUT2D eigenvalue weighted by Gasteiger charge is 2.51. The first-order chi connectivity index (χ1) is 8.09. The van der Waals surface area contributed by atoms with Gasteiger partial charge in [0.1, 0.15) is 0 Å². The number of hydrogen-bond donors (Lipinski definition) is 1. The normalized spacial score (nSPS) is 47.3. The lowest BCUT2D eigenvalue weighted by Gasteiger charge is -2.51. The number of hydrogen-bond acceptors (Lipinski definition) is 5. The number of likely N-dealkylation sites (N-methyl/N-ethyl adjacent to an activating group) is 1. The molecule has 4 aliphatic heterocycles. The predicted octanol–water partition coefficient (Wildman–Crippen LogP) is 0.0172. The van der Waals surface area contributed by atoms with Gasteiger partial charge < -0.3 is 24.4 Å². The second kappa shape index (κ2) is 4.17. The summed E-state index contributed by atoms with van der Waals surface area (Å²) < 4.78 is 17.4. The SMILES string of the molecule is CN1CCNC(CC23OCC(C)(CO2)CO3)C1. The summed E-state index contributed by atoms with van der Waals surface area (Å²) in [5.41, 5.74) is 0.0541. The van der Waals surface area contributed by atoms with E-state index in [9.17, 15) is 0 Å². The van der Waals surface area contributed by atoms with Crippen molar-refractivity contribution >= 4 is 0 Å². The Morgan fingerprint density at radius 1 is 1.24 bits per heavy atom. The minimum absolute atomic E-state index is 0.0541. The molecule has 1 unspecified atom stereocenters. The van der Waals surface area contributed by atoms with Gasteiger partial charge in [0.25, 0.3) is 5.97 Å². The van der Waals surface area contributed by atoms with E-state index < -0.39 is 5.97 Å². The van der Waals surface area contributed by atoms with Crippen molar-refractivity contribution in [1.29, 1.82) is 0 Å². The number of nitrogens with zero attached hydrogens (tertiary/aromatic N) is 1. The van der Waals surface area contributed by atoms with E-state index in [0.29, 0.717) is 6.04 Å². The Hall–Kier alpha value is -0.200. The molecule has 0 saturated carbocycles. The van der Waals surface area contributed by atoms with Crippen LogP contribution in [0.1, 0.15) is 13.3 Å². The Balaban J connectivity index is 1.61. The lowest BCUT2D eigenvalue weighted by atomic mass is 9.91. The fourth-order valence-electron chi connectivity index (χ4n) is 2.71. The van der Waals surface area contributed by atoms with Crippen molar-refractivity contribution in [3.63, 3.8) is 0 Å². The highest BCUT2D eigenvalue weighted by atomic mass is 16.9. The molecule has 4 saturated heterocycles. The second-order valence-corrected chi connectivity index (χ2v) is 5.98. The zero-order valence-corrected chi connectivity index (χ0v) is 10.7. The minimum Gasteiger partial charge on any atom is -0.327 e. The molecule has 17 heavy (non-hydrogen) atoms. The fraction of sp³-hybridized carbons (Fsp3) is 1.00. The quantitative estimate of drug-likeness (QED) is 0.739. The van der Waals surface area contributed by atoms with E-state index in [1.807, 2.05) is 0 Å². The van der Waals surface area contributed by atoms with Crippen LogP contribution in [0.15, 0.2) is 0 Å². The Kier molecular flexibility index (Phi) is 2.91. The van der Waals surface area contributed by atoms with E-state index in [1.165, 1.54) is 0 Å². The monoisotopic (exact) mass is 242 g/mol. The van der Waals surface area contributed by atoms with Gasteiger partial charge in [-0.05, 0) is 7.05 Å². The van der Waals surface area contributed by atoms with E-state index >= 15 is 0 Å². The smallest absolute Gasteiger partial charge is 0.284 e. The van der Waals surface area contributed by atoms with Crippen LogP contribution in [-0.4, -0.2) is 63.4 Å². The van der Waals surface area contributed by atoms with Crippen LogP contribution in [-0.2, 0) is 14.2 Å². The summed E-state index contributed by atoms with van der Waals surface area (Å²) in [5.74, 6) is -0.784. The third-order valence-corrected chi connectivity index (χ3v) is 3.88. The van der Waals surface area contributed by atoms with Gasteiger partial charge in [-0.15, -0.1) is 0 Å². The van der Waals surface area contributed by atoms with Crippen LogP contribution in [0.2, 0.25) is 0 Å². The number of fused-ring (bicyclic) bond motifs is 3. The predicted molar refractivity (Wildman–Crippen MR) is 62.6 cm³/mol. The molecule has 4 rings (SSSR count). The Labute approximate surface area is 102 Å².